The molecule has 0 fully saturated rings. The Bertz CT molecular complexity index is 641. The zero-order chi connectivity index (χ0) is 17.9. The number of halogens is 2. The molecule has 2 rings (SSSR count). The van der Waals surface area contributed by atoms with Crippen LogP contribution in [0.25, 0.3) is 0 Å². The van der Waals surface area contributed by atoms with Crippen molar-refractivity contribution in [3.8, 4) is 5.75 Å². The summed E-state index contributed by atoms with van der Waals surface area (Å²) < 4.78 is 5.11. The lowest BCUT2D eigenvalue weighted by Crippen LogP contribution is -2.09. The maximum Gasteiger partial charge on any atom is 0.308 e. The predicted octanol–water partition coefficient (Wildman–Crippen LogP) is 5.28. The highest BCUT2D eigenvalue weighted by atomic mass is 35.5. The van der Waals surface area contributed by atoms with Crippen molar-refractivity contribution in [2.75, 3.05) is 18.4 Å². The van der Waals surface area contributed by atoms with Gasteiger partial charge in [0.05, 0.1) is 21.4 Å². The third-order valence-corrected chi connectivity index (χ3v) is 3.49. The van der Waals surface area contributed by atoms with Crippen molar-refractivity contribution in [3.63, 3.8) is 0 Å². The lowest BCUT2D eigenvalue weighted by Gasteiger charge is -2.13. The van der Waals surface area contributed by atoms with Gasteiger partial charge >= 0.3 is 5.97 Å². The topological polar surface area (TPSA) is 50.4 Å². The van der Waals surface area contributed by atoms with Gasteiger partial charge in [-0.05, 0) is 37.4 Å². The van der Waals surface area contributed by atoms with E-state index in [1.807, 2.05) is 6.07 Å². The van der Waals surface area contributed by atoms with Crippen LogP contribution in [0.2, 0.25) is 10.0 Å². The largest absolute Gasteiger partial charge is 0.424 e. The molecule has 2 aromatic rings. The molecule has 0 spiro atoms. The first-order chi connectivity index (χ1) is 11.5. The summed E-state index contributed by atoms with van der Waals surface area (Å²) in [6.07, 6.45) is 0. The molecule has 0 saturated carbocycles. The Hall–Kier alpha value is -1.75. The van der Waals surface area contributed by atoms with Crippen LogP contribution in [0.5, 0.6) is 5.75 Å². The summed E-state index contributed by atoms with van der Waals surface area (Å²) in [5.74, 6) is 0.0329. The molecule has 4 nitrogen and oxygen atoms in total. The van der Waals surface area contributed by atoms with Crippen LogP contribution in [0.15, 0.2) is 42.5 Å². The summed E-state index contributed by atoms with van der Waals surface area (Å²) in [5.41, 5.74) is 1.19. The molecule has 0 heterocycles. The Morgan fingerprint density at radius 3 is 2.08 bits per heavy atom. The van der Waals surface area contributed by atoms with E-state index < -0.39 is 0 Å². The van der Waals surface area contributed by atoms with Gasteiger partial charge in [0.15, 0.2) is 5.75 Å². The quantitative estimate of drug-likeness (QED) is 0.556. The van der Waals surface area contributed by atoms with Crippen LogP contribution in [-0.2, 0) is 4.79 Å². The Kier molecular flexibility index (Phi) is 9.23. The van der Waals surface area contributed by atoms with Crippen LogP contribution in [0.4, 0.5) is 11.4 Å². The maximum atomic E-state index is 11.0. The minimum Gasteiger partial charge on any atom is -0.424 e. The highest BCUT2D eigenvalue weighted by Gasteiger charge is 2.10. The van der Waals surface area contributed by atoms with Crippen LogP contribution in [0.1, 0.15) is 20.8 Å². The van der Waals surface area contributed by atoms with E-state index in [4.69, 9.17) is 27.9 Å². The summed E-state index contributed by atoms with van der Waals surface area (Å²) in [4.78, 5) is 11.0. The molecule has 0 aromatic heterocycles. The van der Waals surface area contributed by atoms with Gasteiger partial charge in [-0.25, -0.2) is 0 Å². The fourth-order valence-corrected chi connectivity index (χ4v) is 2.31. The molecule has 0 aliphatic rings. The van der Waals surface area contributed by atoms with E-state index in [0.29, 0.717) is 27.2 Å². The van der Waals surface area contributed by atoms with Gasteiger partial charge < -0.3 is 15.4 Å². The minimum atomic E-state index is -0.389. The second kappa shape index (κ2) is 10.9. The zero-order valence-corrected chi connectivity index (χ0v) is 15.5. The molecule has 0 amide bonds. The zero-order valence-electron chi connectivity index (χ0n) is 14.0. The first-order valence-corrected chi connectivity index (χ1v) is 8.44. The molecule has 0 aliphatic carbocycles. The molecular formula is C18H22Cl2N2O2. The molecular weight excluding hydrogens is 347 g/mol. The van der Waals surface area contributed by atoms with E-state index in [1.165, 1.54) is 6.92 Å². The maximum absolute atomic E-state index is 11.0. The number of hydrogen-bond acceptors (Lipinski definition) is 4. The summed E-state index contributed by atoms with van der Waals surface area (Å²) in [6, 6.07) is 12.3. The van der Waals surface area contributed by atoms with Gasteiger partial charge in [-0.1, -0.05) is 55.2 Å². The Labute approximate surface area is 153 Å². The number of nitrogens with one attached hydrogen (secondary N) is 2. The smallest absolute Gasteiger partial charge is 0.308 e. The average Bonchev–Trinajstić information content (AvgIpc) is 2.53. The molecule has 0 bridgehead atoms. The third kappa shape index (κ3) is 6.79. The van der Waals surface area contributed by atoms with E-state index in [-0.39, 0.29) is 5.97 Å². The lowest BCUT2D eigenvalue weighted by molar-refractivity contribution is -0.131. The summed E-state index contributed by atoms with van der Waals surface area (Å²) >= 11 is 12.2. The van der Waals surface area contributed by atoms with Crippen molar-refractivity contribution < 1.29 is 9.53 Å². The highest BCUT2D eigenvalue weighted by Crippen LogP contribution is 2.35. The first-order valence-electron chi connectivity index (χ1n) is 7.68. The normalized spacial score (nSPS) is 9.71. The molecule has 130 valence electrons. The fraction of sp³-hybridized carbons (Fsp3) is 0.278. The number of carbonyl (C=O) groups is 1. The molecule has 2 aromatic carbocycles. The van der Waals surface area contributed by atoms with E-state index in [9.17, 15) is 4.79 Å². The number of hydrogen-bond donors (Lipinski definition) is 2. The van der Waals surface area contributed by atoms with Crippen molar-refractivity contribution >= 4 is 40.5 Å². The van der Waals surface area contributed by atoms with Gasteiger partial charge in [-0.15, -0.1) is 0 Å². The number of rotatable bonds is 5. The third-order valence-electron chi connectivity index (χ3n) is 2.86. The van der Waals surface area contributed by atoms with Crippen molar-refractivity contribution in [3.05, 3.63) is 52.5 Å². The van der Waals surface area contributed by atoms with Crippen LogP contribution >= 0.6 is 23.2 Å². The Morgan fingerprint density at radius 2 is 1.58 bits per heavy atom. The van der Waals surface area contributed by atoms with Gasteiger partial charge in [0, 0.05) is 6.92 Å². The van der Waals surface area contributed by atoms with Gasteiger partial charge in [-0.3, -0.25) is 4.79 Å². The van der Waals surface area contributed by atoms with Gasteiger partial charge in [0.25, 0.3) is 0 Å². The van der Waals surface area contributed by atoms with Crippen LogP contribution in [0, 0.1) is 0 Å². The lowest BCUT2D eigenvalue weighted by atomic mass is 10.2. The van der Waals surface area contributed by atoms with Gasteiger partial charge in [0.2, 0.25) is 0 Å². The van der Waals surface area contributed by atoms with Crippen molar-refractivity contribution in [2.45, 2.75) is 20.8 Å². The Balaban J connectivity index is 0.000000505. The molecule has 0 saturated heterocycles. The predicted molar refractivity (Wildman–Crippen MR) is 102 cm³/mol. The number of esters is 1. The fourth-order valence-electron chi connectivity index (χ4n) is 1.82. The molecule has 0 atom stereocenters. The van der Waals surface area contributed by atoms with E-state index in [1.54, 1.807) is 36.4 Å². The van der Waals surface area contributed by atoms with Gasteiger partial charge in [-0.2, -0.15) is 0 Å². The average molecular weight is 369 g/mol. The number of para-hydroxylation sites is 3. The molecule has 2 N–H and O–H groups in total. The monoisotopic (exact) mass is 368 g/mol. The first kappa shape index (κ1) is 20.3. The molecule has 0 radical (unpaired) electrons. The standard InChI is InChI=1S/C14H11Cl2NO2.C4H11N/c1-9(18)19-13-8-3-2-7-12(13)17-14-10(15)5-4-6-11(14)16;1-3-5-4-2/h2-8,17H,1H3;5H,3-4H2,1-2H3. The van der Waals surface area contributed by atoms with Crippen LogP contribution in [-0.4, -0.2) is 19.1 Å². The summed E-state index contributed by atoms with van der Waals surface area (Å²) in [6.45, 7) is 7.74. The number of ether oxygens (including phenoxy) is 1. The molecule has 0 unspecified atom stereocenters. The molecule has 0 aliphatic heterocycles. The van der Waals surface area contributed by atoms with E-state index in [0.717, 1.165) is 13.1 Å². The summed E-state index contributed by atoms with van der Waals surface area (Å²) in [5, 5.41) is 7.17. The second-order valence-electron chi connectivity index (χ2n) is 4.77. The van der Waals surface area contributed by atoms with Crippen molar-refractivity contribution in [1.29, 1.82) is 0 Å². The number of carbonyl (C=O) groups excluding carboxylic acids is 1. The van der Waals surface area contributed by atoms with E-state index in [2.05, 4.69) is 24.5 Å². The number of anilines is 2. The second-order valence-corrected chi connectivity index (χ2v) is 5.58. The van der Waals surface area contributed by atoms with E-state index >= 15 is 0 Å². The molecule has 24 heavy (non-hydrogen) atoms. The highest BCUT2D eigenvalue weighted by molar-refractivity contribution is 6.39. The SMILES string of the molecule is CC(=O)Oc1ccccc1Nc1c(Cl)cccc1Cl.CCNCC. The van der Waals surface area contributed by atoms with Crippen LogP contribution in [0.3, 0.4) is 0 Å². The van der Waals surface area contributed by atoms with Crippen molar-refractivity contribution in [2.24, 2.45) is 0 Å². The summed E-state index contributed by atoms with van der Waals surface area (Å²) in [7, 11) is 0. The van der Waals surface area contributed by atoms with Crippen molar-refractivity contribution in [1.82, 2.24) is 5.32 Å². The Morgan fingerprint density at radius 1 is 1.00 bits per heavy atom. The molecule has 6 heteroatoms. The number of benzene rings is 2. The van der Waals surface area contributed by atoms with Crippen LogP contribution < -0.4 is 15.4 Å². The minimum absolute atomic E-state index is 0.389. The van der Waals surface area contributed by atoms with Gasteiger partial charge in [0.1, 0.15) is 0 Å².